The van der Waals surface area contributed by atoms with Crippen LogP contribution in [-0.4, -0.2) is 36.2 Å². The molecule has 4 N–H and O–H groups in total. The van der Waals surface area contributed by atoms with Gasteiger partial charge in [-0.25, -0.2) is 0 Å². The van der Waals surface area contributed by atoms with Crippen molar-refractivity contribution in [3.05, 3.63) is 0 Å². The van der Waals surface area contributed by atoms with Crippen molar-refractivity contribution in [2.75, 3.05) is 20.1 Å². The largest absolute Gasteiger partial charge is 0.305 e. The second-order valence-electron chi connectivity index (χ2n) is 2.65. The van der Waals surface area contributed by atoms with Gasteiger partial charge in [-0.1, -0.05) is 0 Å². The van der Waals surface area contributed by atoms with E-state index in [0.29, 0.717) is 6.04 Å². The van der Waals surface area contributed by atoms with Crippen LogP contribution in [0.25, 0.3) is 0 Å². The van der Waals surface area contributed by atoms with E-state index < -0.39 is 0 Å². The fraction of sp³-hybridized carbons (Fsp3) is 1.00. The van der Waals surface area contributed by atoms with Crippen molar-refractivity contribution in [3.8, 4) is 0 Å². The van der Waals surface area contributed by atoms with Gasteiger partial charge in [0, 0.05) is 6.54 Å². The Morgan fingerprint density at radius 3 is 2.44 bits per heavy atom. The van der Waals surface area contributed by atoms with E-state index in [1.54, 1.807) is 0 Å². The molecular formula is C5H14N4. The highest BCUT2D eigenvalue weighted by Crippen LogP contribution is 2.07. The topological polar surface area (TPSA) is 58.5 Å². The molecule has 1 rings (SSSR count). The van der Waals surface area contributed by atoms with Crippen molar-refractivity contribution < 1.29 is 0 Å². The monoisotopic (exact) mass is 130 g/mol. The Hall–Kier alpha value is -0.160. The normalized spacial score (nSPS) is 30.0. The lowest BCUT2D eigenvalue weighted by Gasteiger charge is -2.16. The van der Waals surface area contributed by atoms with E-state index >= 15 is 0 Å². The first-order chi connectivity index (χ1) is 4.20. The van der Waals surface area contributed by atoms with Crippen molar-refractivity contribution in [3.63, 3.8) is 0 Å². The van der Waals surface area contributed by atoms with Crippen LogP contribution in [-0.2, 0) is 0 Å². The van der Waals surface area contributed by atoms with Gasteiger partial charge in [0.25, 0.3) is 0 Å². The average Bonchev–Trinajstić information content (AvgIpc) is 2.14. The average molecular weight is 130 g/mol. The quantitative estimate of drug-likeness (QED) is 0.343. The highest BCUT2D eigenvalue weighted by Gasteiger charge is 2.21. The van der Waals surface area contributed by atoms with Crippen LogP contribution in [0, 0.1) is 0 Å². The third-order valence-electron chi connectivity index (χ3n) is 1.79. The van der Waals surface area contributed by atoms with Crippen molar-refractivity contribution in [2.24, 2.45) is 11.7 Å². The van der Waals surface area contributed by atoms with Crippen molar-refractivity contribution >= 4 is 0 Å². The molecule has 0 aromatic carbocycles. The molecule has 1 aliphatic heterocycles. The fourth-order valence-corrected chi connectivity index (χ4v) is 1.16. The first-order valence-electron chi connectivity index (χ1n) is 3.17. The van der Waals surface area contributed by atoms with Crippen LogP contribution in [0.3, 0.4) is 0 Å². The van der Waals surface area contributed by atoms with Crippen LogP contribution in [0.5, 0.6) is 0 Å². The van der Waals surface area contributed by atoms with Crippen LogP contribution < -0.4 is 11.7 Å². The lowest BCUT2D eigenvalue weighted by atomic mass is 10.3. The smallest absolute Gasteiger partial charge is 0.0534 e. The maximum Gasteiger partial charge on any atom is 0.0534 e. The van der Waals surface area contributed by atoms with Gasteiger partial charge < -0.3 is 4.90 Å². The van der Waals surface area contributed by atoms with Gasteiger partial charge in [-0.05, 0) is 20.0 Å². The summed E-state index contributed by atoms with van der Waals surface area (Å²) in [4.78, 5) is 2.22. The van der Waals surface area contributed by atoms with Crippen molar-refractivity contribution in [1.29, 1.82) is 0 Å². The summed E-state index contributed by atoms with van der Waals surface area (Å²) in [6.45, 7) is 2.10. The minimum atomic E-state index is 0.356. The molecule has 0 saturated carbocycles. The van der Waals surface area contributed by atoms with E-state index in [9.17, 15) is 0 Å². The summed E-state index contributed by atoms with van der Waals surface area (Å²) in [5.41, 5.74) is 0. The third-order valence-corrected chi connectivity index (χ3v) is 1.79. The second kappa shape index (κ2) is 2.62. The van der Waals surface area contributed by atoms with Gasteiger partial charge >= 0.3 is 0 Å². The van der Waals surface area contributed by atoms with Crippen molar-refractivity contribution in [2.45, 2.75) is 12.5 Å². The SMILES string of the molecule is CN1CC[C@@H](N(N)N)C1. The Balaban J connectivity index is 2.30. The minimum Gasteiger partial charge on any atom is -0.305 e. The highest BCUT2D eigenvalue weighted by atomic mass is 15.6. The summed E-state index contributed by atoms with van der Waals surface area (Å²) in [6, 6.07) is 0.356. The van der Waals surface area contributed by atoms with E-state index in [-0.39, 0.29) is 0 Å². The summed E-state index contributed by atoms with van der Waals surface area (Å²) < 4.78 is 0. The summed E-state index contributed by atoms with van der Waals surface area (Å²) >= 11 is 0. The lowest BCUT2D eigenvalue weighted by Crippen LogP contribution is -2.47. The molecule has 0 spiro atoms. The molecule has 1 heterocycles. The molecule has 4 heteroatoms. The highest BCUT2D eigenvalue weighted by molar-refractivity contribution is 4.76. The maximum atomic E-state index is 5.34. The predicted molar refractivity (Wildman–Crippen MR) is 36.1 cm³/mol. The molecule has 0 aromatic rings. The molecule has 9 heavy (non-hydrogen) atoms. The molecule has 1 saturated heterocycles. The Bertz CT molecular complexity index is 93.0. The number of hydrazine groups is 2. The number of hydrogen-bond acceptors (Lipinski definition) is 4. The molecule has 0 radical (unpaired) electrons. The van der Waals surface area contributed by atoms with Crippen LogP contribution in [0.15, 0.2) is 0 Å². The Kier molecular flexibility index (Phi) is 2.02. The maximum absolute atomic E-state index is 5.34. The summed E-state index contributed by atoms with van der Waals surface area (Å²) in [7, 11) is 2.07. The molecule has 54 valence electrons. The van der Waals surface area contributed by atoms with Crippen LogP contribution in [0.1, 0.15) is 6.42 Å². The standard InChI is InChI=1S/C5H14N4/c1-8-3-2-5(4-8)9(6)7/h5H,2-4,6-7H2,1H3/t5-/m1/s1. The van der Waals surface area contributed by atoms with Gasteiger partial charge in [-0.2, -0.15) is 5.12 Å². The Morgan fingerprint density at radius 1 is 1.56 bits per heavy atom. The predicted octanol–water partition coefficient (Wildman–Crippen LogP) is -1.26. The number of rotatable bonds is 1. The van der Waals surface area contributed by atoms with Gasteiger partial charge in [-0.15, -0.1) is 0 Å². The fourth-order valence-electron chi connectivity index (χ4n) is 1.16. The first kappa shape index (κ1) is 6.95. The number of likely N-dealkylation sites (N-methyl/N-ethyl adjacent to an activating group) is 1. The number of hydrogen-bond donors (Lipinski definition) is 2. The molecule has 0 amide bonds. The Labute approximate surface area is 55.3 Å². The lowest BCUT2D eigenvalue weighted by molar-refractivity contribution is 0.207. The van der Waals surface area contributed by atoms with Gasteiger partial charge in [0.15, 0.2) is 0 Å². The van der Waals surface area contributed by atoms with Crippen LogP contribution >= 0.6 is 0 Å². The Morgan fingerprint density at radius 2 is 2.22 bits per heavy atom. The number of likely N-dealkylation sites (tertiary alicyclic amines) is 1. The molecule has 0 aliphatic carbocycles. The van der Waals surface area contributed by atoms with Gasteiger partial charge in [0.2, 0.25) is 0 Å². The minimum absolute atomic E-state index is 0.356. The van der Waals surface area contributed by atoms with E-state index in [1.165, 1.54) is 5.12 Å². The molecule has 1 aliphatic rings. The van der Waals surface area contributed by atoms with Gasteiger partial charge in [0.05, 0.1) is 6.04 Å². The zero-order valence-corrected chi connectivity index (χ0v) is 5.75. The van der Waals surface area contributed by atoms with Crippen LogP contribution in [0.2, 0.25) is 0 Å². The zero-order valence-electron chi connectivity index (χ0n) is 5.75. The van der Waals surface area contributed by atoms with E-state index in [4.69, 9.17) is 11.7 Å². The second-order valence-corrected chi connectivity index (χ2v) is 2.65. The molecule has 4 nitrogen and oxygen atoms in total. The summed E-state index contributed by atoms with van der Waals surface area (Å²) in [5, 5.41) is 1.31. The molecular weight excluding hydrogens is 116 g/mol. The number of nitrogens with zero attached hydrogens (tertiary/aromatic N) is 2. The van der Waals surface area contributed by atoms with Crippen molar-refractivity contribution in [1.82, 2.24) is 10.0 Å². The van der Waals surface area contributed by atoms with E-state index in [0.717, 1.165) is 19.5 Å². The summed E-state index contributed by atoms with van der Waals surface area (Å²) in [6.07, 6.45) is 1.09. The molecule has 0 unspecified atom stereocenters. The van der Waals surface area contributed by atoms with E-state index in [1.807, 2.05) is 0 Å². The molecule has 0 bridgehead atoms. The van der Waals surface area contributed by atoms with E-state index in [2.05, 4.69) is 11.9 Å². The molecule has 0 aromatic heterocycles. The van der Waals surface area contributed by atoms with Crippen LogP contribution in [0.4, 0.5) is 0 Å². The molecule has 1 atom stereocenters. The summed E-state index contributed by atoms with van der Waals surface area (Å²) in [5.74, 6) is 10.7. The third kappa shape index (κ3) is 1.62. The van der Waals surface area contributed by atoms with Gasteiger partial charge in [0.1, 0.15) is 0 Å². The van der Waals surface area contributed by atoms with Gasteiger partial charge in [-0.3, -0.25) is 11.7 Å². The molecule has 1 fully saturated rings. The first-order valence-corrected chi connectivity index (χ1v) is 3.17. The zero-order chi connectivity index (χ0) is 6.85. The number of nitrogens with two attached hydrogens (primary N) is 2.